The predicted octanol–water partition coefficient (Wildman–Crippen LogP) is 0.664. The van der Waals surface area contributed by atoms with Crippen molar-refractivity contribution in [1.29, 1.82) is 0 Å². The van der Waals surface area contributed by atoms with Crippen molar-refractivity contribution in [3.8, 4) is 0 Å². The second-order valence-electron chi connectivity index (χ2n) is 4.08. The second-order valence-corrected chi connectivity index (χ2v) is 4.08. The lowest BCUT2D eigenvalue weighted by Crippen LogP contribution is -2.33. The molecular weight excluding hydrogens is 182 g/mol. The van der Waals surface area contributed by atoms with Crippen LogP contribution in [0.15, 0.2) is 0 Å². The first kappa shape index (κ1) is 9.93. The lowest BCUT2D eigenvalue weighted by atomic mass is 10.0. The van der Waals surface area contributed by atoms with E-state index in [-0.39, 0.29) is 11.8 Å². The van der Waals surface area contributed by atoms with E-state index in [4.69, 9.17) is 9.47 Å². The van der Waals surface area contributed by atoms with Gasteiger partial charge in [-0.05, 0) is 5.92 Å². The largest absolute Gasteiger partial charge is 0.355 e. The summed E-state index contributed by atoms with van der Waals surface area (Å²) in [5.74, 6) is 0.0970. The Labute approximate surface area is 84.0 Å². The summed E-state index contributed by atoms with van der Waals surface area (Å²) < 4.78 is 11.3. The van der Waals surface area contributed by atoms with Gasteiger partial charge < -0.3 is 14.8 Å². The maximum absolute atomic E-state index is 10.4. The van der Waals surface area contributed by atoms with Gasteiger partial charge in [0.15, 0.2) is 5.79 Å². The fraction of sp³-hybridized carbons (Fsp3) is 0.900. The van der Waals surface area contributed by atoms with Crippen LogP contribution in [-0.2, 0) is 14.3 Å². The standard InChI is InChI=1S/C10H17NO3/c1-2-8-5-10(13-3-4-14-10)6-9(8)11-7-12/h7-9H,2-6H2,1H3,(H,11,12). The molecule has 2 atom stereocenters. The molecule has 0 bridgehead atoms. The lowest BCUT2D eigenvalue weighted by molar-refractivity contribution is -0.153. The molecule has 4 nitrogen and oxygen atoms in total. The maximum Gasteiger partial charge on any atom is 0.207 e. The number of carbonyl (C=O) groups is 1. The number of hydrogen-bond acceptors (Lipinski definition) is 3. The monoisotopic (exact) mass is 199 g/mol. The predicted molar refractivity (Wildman–Crippen MR) is 50.6 cm³/mol. The van der Waals surface area contributed by atoms with E-state index in [0.29, 0.717) is 19.1 Å². The minimum Gasteiger partial charge on any atom is -0.355 e. The summed E-state index contributed by atoms with van der Waals surface area (Å²) in [6.45, 7) is 3.51. The normalized spacial score (nSPS) is 34.9. The van der Waals surface area contributed by atoms with E-state index < -0.39 is 0 Å². The Morgan fingerprint density at radius 3 is 2.71 bits per heavy atom. The van der Waals surface area contributed by atoms with Crippen LogP contribution in [0.25, 0.3) is 0 Å². The first-order valence-electron chi connectivity index (χ1n) is 5.27. The smallest absolute Gasteiger partial charge is 0.207 e. The number of ether oxygens (including phenoxy) is 2. The Morgan fingerprint density at radius 2 is 2.14 bits per heavy atom. The van der Waals surface area contributed by atoms with Crippen molar-refractivity contribution in [2.75, 3.05) is 13.2 Å². The van der Waals surface area contributed by atoms with Crippen molar-refractivity contribution >= 4 is 6.41 Å². The van der Waals surface area contributed by atoms with Crippen LogP contribution in [0.2, 0.25) is 0 Å². The van der Waals surface area contributed by atoms with Crippen LogP contribution in [0.3, 0.4) is 0 Å². The van der Waals surface area contributed by atoms with Gasteiger partial charge in [0, 0.05) is 18.9 Å². The molecule has 14 heavy (non-hydrogen) atoms. The third-order valence-electron chi connectivity index (χ3n) is 3.29. The molecule has 2 fully saturated rings. The third kappa shape index (κ3) is 1.64. The highest BCUT2D eigenvalue weighted by Gasteiger charge is 2.48. The molecule has 1 aliphatic heterocycles. The SMILES string of the molecule is CCC1CC2(CC1NC=O)OCCO2. The summed E-state index contributed by atoms with van der Waals surface area (Å²) in [5.41, 5.74) is 0. The summed E-state index contributed by atoms with van der Waals surface area (Å²) in [7, 11) is 0. The van der Waals surface area contributed by atoms with Gasteiger partial charge in [0.25, 0.3) is 0 Å². The van der Waals surface area contributed by atoms with E-state index >= 15 is 0 Å². The molecule has 2 aliphatic rings. The molecular formula is C10H17NO3. The molecule has 2 rings (SSSR count). The van der Waals surface area contributed by atoms with Crippen LogP contribution in [0.1, 0.15) is 26.2 Å². The van der Waals surface area contributed by atoms with Gasteiger partial charge in [-0.1, -0.05) is 13.3 Å². The van der Waals surface area contributed by atoms with Crippen LogP contribution in [0.4, 0.5) is 0 Å². The molecule has 4 heteroatoms. The number of rotatable bonds is 3. The van der Waals surface area contributed by atoms with Crippen molar-refractivity contribution in [3.63, 3.8) is 0 Å². The highest BCUT2D eigenvalue weighted by atomic mass is 16.7. The van der Waals surface area contributed by atoms with Gasteiger partial charge in [-0.15, -0.1) is 0 Å². The zero-order valence-electron chi connectivity index (χ0n) is 8.49. The van der Waals surface area contributed by atoms with E-state index in [1.165, 1.54) is 0 Å². The maximum atomic E-state index is 10.4. The minimum absolute atomic E-state index is 0.218. The first-order valence-corrected chi connectivity index (χ1v) is 5.27. The van der Waals surface area contributed by atoms with E-state index in [1.807, 2.05) is 0 Å². The Bertz CT molecular complexity index is 213. The molecule has 1 saturated heterocycles. The Morgan fingerprint density at radius 1 is 1.43 bits per heavy atom. The Hall–Kier alpha value is -0.610. The quantitative estimate of drug-likeness (QED) is 0.679. The molecule has 1 N–H and O–H groups in total. The van der Waals surface area contributed by atoms with Crippen LogP contribution in [0, 0.1) is 5.92 Å². The number of amides is 1. The summed E-state index contributed by atoms with van der Waals surface area (Å²) in [5, 5.41) is 2.86. The zero-order valence-corrected chi connectivity index (χ0v) is 8.49. The van der Waals surface area contributed by atoms with Crippen LogP contribution in [-0.4, -0.2) is 31.5 Å². The second kappa shape index (κ2) is 3.87. The van der Waals surface area contributed by atoms with Crippen molar-refractivity contribution in [2.24, 2.45) is 5.92 Å². The Balaban J connectivity index is 2.02. The molecule has 1 aliphatic carbocycles. The zero-order chi connectivity index (χ0) is 10.0. The van der Waals surface area contributed by atoms with Gasteiger partial charge in [0.1, 0.15) is 0 Å². The molecule has 0 aromatic heterocycles. The third-order valence-corrected chi connectivity index (χ3v) is 3.29. The molecule has 1 amide bonds. The fourth-order valence-electron chi connectivity index (χ4n) is 2.57. The fourth-order valence-corrected chi connectivity index (χ4v) is 2.57. The average Bonchev–Trinajstić information content (AvgIpc) is 2.76. The molecule has 1 saturated carbocycles. The molecule has 1 heterocycles. The minimum atomic E-state index is -0.388. The van der Waals surface area contributed by atoms with Gasteiger partial charge in [0.05, 0.1) is 13.2 Å². The summed E-state index contributed by atoms with van der Waals surface area (Å²) in [6.07, 6.45) is 3.54. The average molecular weight is 199 g/mol. The van der Waals surface area contributed by atoms with E-state index in [2.05, 4.69) is 12.2 Å². The van der Waals surface area contributed by atoms with Crippen molar-refractivity contribution < 1.29 is 14.3 Å². The van der Waals surface area contributed by atoms with Gasteiger partial charge in [-0.3, -0.25) is 4.79 Å². The highest BCUT2D eigenvalue weighted by molar-refractivity contribution is 5.47. The molecule has 2 unspecified atom stereocenters. The highest BCUT2D eigenvalue weighted by Crippen LogP contribution is 2.42. The Kier molecular flexibility index (Phi) is 2.74. The first-order chi connectivity index (χ1) is 6.79. The van der Waals surface area contributed by atoms with Crippen molar-refractivity contribution in [2.45, 2.75) is 38.0 Å². The van der Waals surface area contributed by atoms with Crippen molar-refractivity contribution in [3.05, 3.63) is 0 Å². The van der Waals surface area contributed by atoms with E-state index in [9.17, 15) is 4.79 Å². The van der Waals surface area contributed by atoms with Gasteiger partial charge in [-0.25, -0.2) is 0 Å². The van der Waals surface area contributed by atoms with Crippen LogP contribution >= 0.6 is 0 Å². The lowest BCUT2D eigenvalue weighted by Gasteiger charge is -2.21. The van der Waals surface area contributed by atoms with Crippen LogP contribution in [0.5, 0.6) is 0 Å². The van der Waals surface area contributed by atoms with E-state index in [0.717, 1.165) is 25.7 Å². The number of nitrogens with one attached hydrogen (secondary N) is 1. The van der Waals surface area contributed by atoms with Crippen LogP contribution < -0.4 is 5.32 Å². The summed E-state index contributed by atoms with van der Waals surface area (Å²) in [6, 6.07) is 0.218. The summed E-state index contributed by atoms with van der Waals surface area (Å²) in [4.78, 5) is 10.4. The van der Waals surface area contributed by atoms with Gasteiger partial charge >= 0.3 is 0 Å². The van der Waals surface area contributed by atoms with Gasteiger partial charge in [-0.2, -0.15) is 0 Å². The molecule has 80 valence electrons. The van der Waals surface area contributed by atoms with E-state index in [1.54, 1.807) is 0 Å². The topological polar surface area (TPSA) is 47.6 Å². The summed E-state index contributed by atoms with van der Waals surface area (Å²) >= 11 is 0. The number of carbonyl (C=O) groups excluding carboxylic acids is 1. The van der Waals surface area contributed by atoms with Gasteiger partial charge in [0.2, 0.25) is 6.41 Å². The molecule has 0 aromatic rings. The van der Waals surface area contributed by atoms with Crippen molar-refractivity contribution in [1.82, 2.24) is 5.32 Å². The number of hydrogen-bond donors (Lipinski definition) is 1. The molecule has 0 aromatic carbocycles. The molecule has 1 spiro atoms. The molecule has 0 radical (unpaired) electrons.